The van der Waals surface area contributed by atoms with Crippen LogP contribution in [0.4, 0.5) is 5.69 Å². The van der Waals surface area contributed by atoms with E-state index in [-0.39, 0.29) is 23.0 Å². The van der Waals surface area contributed by atoms with Gasteiger partial charge in [0.25, 0.3) is 10.0 Å². The van der Waals surface area contributed by atoms with Gasteiger partial charge in [0, 0.05) is 18.2 Å². The van der Waals surface area contributed by atoms with E-state index in [4.69, 9.17) is 9.47 Å². The van der Waals surface area contributed by atoms with Crippen LogP contribution in [0.3, 0.4) is 0 Å². The molecule has 1 atom stereocenters. The summed E-state index contributed by atoms with van der Waals surface area (Å²) in [6, 6.07) is 21.5. The Labute approximate surface area is 242 Å². The second-order valence-electron chi connectivity index (χ2n) is 10.9. The van der Waals surface area contributed by atoms with Gasteiger partial charge in [-0.05, 0) is 63.9 Å². The number of nitrogens with one attached hydrogen (secondary N) is 1. The molecule has 0 radical (unpaired) electrons. The molecule has 1 aliphatic heterocycles. The van der Waals surface area contributed by atoms with Crippen LogP contribution in [-0.4, -0.2) is 63.0 Å². The van der Waals surface area contributed by atoms with Crippen molar-refractivity contribution in [2.24, 2.45) is 0 Å². The zero-order valence-corrected chi connectivity index (χ0v) is 24.7. The highest BCUT2D eigenvalue weighted by molar-refractivity contribution is 7.92. The number of sulfonamides is 1. The predicted octanol–water partition coefficient (Wildman–Crippen LogP) is 4.03. The van der Waals surface area contributed by atoms with Gasteiger partial charge in [0.15, 0.2) is 11.5 Å². The lowest BCUT2D eigenvalue weighted by atomic mass is 10.1. The zero-order valence-electron chi connectivity index (χ0n) is 23.9. The molecule has 0 unspecified atom stereocenters. The molecule has 0 saturated heterocycles. The van der Waals surface area contributed by atoms with E-state index in [1.54, 1.807) is 43.3 Å². The van der Waals surface area contributed by atoms with Gasteiger partial charge in [-0.1, -0.05) is 48.5 Å². The second kappa shape index (κ2) is 12.6. The van der Waals surface area contributed by atoms with Gasteiger partial charge in [0.2, 0.25) is 11.8 Å². The van der Waals surface area contributed by atoms with E-state index in [0.29, 0.717) is 31.1 Å². The average Bonchev–Trinajstić information content (AvgIpc) is 2.95. The zero-order chi connectivity index (χ0) is 29.6. The third-order valence-corrected chi connectivity index (χ3v) is 8.36. The van der Waals surface area contributed by atoms with Crippen LogP contribution in [0.2, 0.25) is 0 Å². The van der Waals surface area contributed by atoms with Crippen LogP contribution >= 0.6 is 0 Å². The molecule has 0 spiro atoms. The van der Waals surface area contributed by atoms with Gasteiger partial charge < -0.3 is 19.7 Å². The van der Waals surface area contributed by atoms with Crippen LogP contribution in [0.1, 0.15) is 33.3 Å². The molecule has 3 aromatic carbocycles. The smallest absolute Gasteiger partial charge is 0.264 e. The first-order chi connectivity index (χ1) is 19.5. The van der Waals surface area contributed by atoms with Crippen molar-refractivity contribution in [3.63, 3.8) is 0 Å². The highest BCUT2D eigenvalue weighted by Crippen LogP contribution is 2.35. The van der Waals surface area contributed by atoms with Crippen LogP contribution in [0, 0.1) is 0 Å². The number of carbonyl (C=O) groups excluding carboxylic acids is 2. The van der Waals surface area contributed by atoms with Crippen molar-refractivity contribution in [3.05, 3.63) is 84.4 Å². The van der Waals surface area contributed by atoms with Crippen molar-refractivity contribution in [2.75, 3.05) is 30.6 Å². The van der Waals surface area contributed by atoms with Crippen molar-refractivity contribution in [1.82, 2.24) is 10.2 Å². The number of carbonyl (C=O) groups is 2. The van der Waals surface area contributed by atoms with Crippen molar-refractivity contribution < 1.29 is 27.5 Å². The number of benzene rings is 3. The molecule has 1 aliphatic rings. The molecule has 41 heavy (non-hydrogen) atoms. The Morgan fingerprint density at radius 3 is 2.15 bits per heavy atom. The Morgan fingerprint density at radius 1 is 0.902 bits per heavy atom. The number of hydrogen-bond donors (Lipinski definition) is 1. The maximum atomic E-state index is 14.0. The lowest BCUT2D eigenvalue weighted by Crippen LogP contribution is -2.55. The van der Waals surface area contributed by atoms with E-state index in [9.17, 15) is 18.0 Å². The Balaban J connectivity index is 1.69. The largest absolute Gasteiger partial charge is 0.486 e. The quantitative estimate of drug-likeness (QED) is 0.389. The van der Waals surface area contributed by atoms with Crippen molar-refractivity contribution in [3.8, 4) is 11.5 Å². The fourth-order valence-electron chi connectivity index (χ4n) is 4.48. The summed E-state index contributed by atoms with van der Waals surface area (Å²) in [4.78, 5) is 28.7. The molecular formula is C31H37N3O6S. The Bertz CT molecular complexity index is 1460. The molecule has 10 heteroatoms. The lowest BCUT2D eigenvalue weighted by molar-refractivity contribution is -0.139. The summed E-state index contributed by atoms with van der Waals surface area (Å²) in [5, 5.41) is 2.93. The van der Waals surface area contributed by atoms with E-state index >= 15 is 0 Å². The SMILES string of the molecule is C[C@H](C(=O)NC(C)(C)C)N(CCc1ccccc1)C(=O)CN(c1ccc2c(c1)OCCO2)S(=O)(=O)c1ccccc1. The molecule has 0 saturated carbocycles. The summed E-state index contributed by atoms with van der Waals surface area (Å²) >= 11 is 0. The maximum absolute atomic E-state index is 14.0. The van der Waals surface area contributed by atoms with Crippen molar-refractivity contribution in [1.29, 1.82) is 0 Å². The minimum atomic E-state index is -4.16. The number of amides is 2. The van der Waals surface area contributed by atoms with Gasteiger partial charge >= 0.3 is 0 Å². The lowest BCUT2D eigenvalue weighted by Gasteiger charge is -2.33. The topological polar surface area (TPSA) is 105 Å². The van der Waals surface area contributed by atoms with Gasteiger partial charge in [-0.3, -0.25) is 13.9 Å². The summed E-state index contributed by atoms with van der Waals surface area (Å²) in [7, 11) is -4.16. The van der Waals surface area contributed by atoms with Gasteiger partial charge in [0.1, 0.15) is 25.8 Å². The van der Waals surface area contributed by atoms with Crippen LogP contribution in [-0.2, 0) is 26.0 Å². The van der Waals surface area contributed by atoms with E-state index in [2.05, 4.69) is 5.32 Å². The molecule has 0 bridgehead atoms. The van der Waals surface area contributed by atoms with Crippen LogP contribution in [0.25, 0.3) is 0 Å². The molecule has 3 aromatic rings. The molecule has 218 valence electrons. The first-order valence-electron chi connectivity index (χ1n) is 13.6. The minimum Gasteiger partial charge on any atom is -0.486 e. The van der Waals surface area contributed by atoms with E-state index in [1.807, 2.05) is 51.1 Å². The Morgan fingerprint density at radius 2 is 1.51 bits per heavy atom. The van der Waals surface area contributed by atoms with Gasteiger partial charge in [-0.25, -0.2) is 8.42 Å². The number of ether oxygens (including phenoxy) is 2. The molecule has 0 aromatic heterocycles. The normalized spacial score (nSPS) is 13.7. The average molecular weight is 580 g/mol. The standard InChI is InChI=1S/C31H37N3O6S/c1-23(30(36)32-31(2,3)4)33(18-17-24-11-7-5-8-12-24)29(35)22-34(41(37,38)26-13-9-6-10-14-26)25-15-16-27-28(21-25)40-20-19-39-27/h5-16,21,23H,17-20,22H2,1-4H3,(H,32,36)/t23-/m1/s1. The fourth-order valence-corrected chi connectivity index (χ4v) is 5.91. The number of rotatable bonds is 10. The molecule has 4 rings (SSSR count). The third kappa shape index (κ3) is 7.58. The second-order valence-corrected chi connectivity index (χ2v) is 12.8. The summed E-state index contributed by atoms with van der Waals surface area (Å²) in [6.07, 6.45) is 0.495. The Hall–Kier alpha value is -4.05. The number of nitrogens with zero attached hydrogens (tertiary/aromatic N) is 2. The Kier molecular flexibility index (Phi) is 9.22. The van der Waals surface area contributed by atoms with Gasteiger partial charge in [0.05, 0.1) is 10.6 Å². The van der Waals surface area contributed by atoms with Crippen LogP contribution in [0.5, 0.6) is 11.5 Å². The summed E-state index contributed by atoms with van der Waals surface area (Å²) in [5.41, 5.74) is 0.739. The number of fused-ring (bicyclic) bond motifs is 1. The van der Waals surface area contributed by atoms with Gasteiger partial charge in [-0.15, -0.1) is 0 Å². The number of hydrogen-bond acceptors (Lipinski definition) is 6. The molecule has 9 nitrogen and oxygen atoms in total. The van der Waals surface area contributed by atoms with Crippen molar-refractivity contribution >= 4 is 27.5 Å². The first kappa shape index (κ1) is 29.9. The molecule has 0 aliphatic carbocycles. The molecule has 2 amide bonds. The first-order valence-corrected chi connectivity index (χ1v) is 15.0. The van der Waals surface area contributed by atoms with Crippen LogP contribution < -0.4 is 19.1 Å². The van der Waals surface area contributed by atoms with Gasteiger partial charge in [-0.2, -0.15) is 0 Å². The number of anilines is 1. The molecule has 1 heterocycles. The maximum Gasteiger partial charge on any atom is 0.264 e. The fraction of sp³-hybridized carbons (Fsp3) is 0.355. The monoisotopic (exact) mass is 579 g/mol. The predicted molar refractivity (Wildman–Crippen MR) is 158 cm³/mol. The molecule has 0 fully saturated rings. The van der Waals surface area contributed by atoms with E-state index in [1.165, 1.54) is 17.0 Å². The summed E-state index contributed by atoms with van der Waals surface area (Å²) < 4.78 is 40.2. The third-order valence-electron chi connectivity index (χ3n) is 6.57. The highest BCUT2D eigenvalue weighted by atomic mass is 32.2. The van der Waals surface area contributed by atoms with E-state index < -0.39 is 34.1 Å². The van der Waals surface area contributed by atoms with E-state index in [0.717, 1.165) is 9.87 Å². The van der Waals surface area contributed by atoms with Crippen molar-refractivity contribution in [2.45, 2.75) is 50.6 Å². The van der Waals surface area contributed by atoms with Crippen LogP contribution in [0.15, 0.2) is 83.8 Å². The molecular weight excluding hydrogens is 542 g/mol. The summed E-state index contributed by atoms with van der Waals surface area (Å²) in [5.74, 6) is 0.0660. The highest BCUT2D eigenvalue weighted by Gasteiger charge is 2.33. The summed E-state index contributed by atoms with van der Waals surface area (Å²) in [6.45, 7) is 7.68. The minimum absolute atomic E-state index is 0.0389. The molecule has 1 N–H and O–H groups in total.